The van der Waals surface area contributed by atoms with Gasteiger partial charge >= 0.3 is 11.9 Å². The third kappa shape index (κ3) is 2.85. The fraction of sp³-hybridized carbons (Fsp3) is 0.556. The van der Waals surface area contributed by atoms with Crippen LogP contribution in [-0.2, 0) is 23.8 Å². The molecule has 1 atom stereocenters. The van der Waals surface area contributed by atoms with Gasteiger partial charge in [0.1, 0.15) is 6.10 Å². The second-order valence-corrected chi connectivity index (χ2v) is 2.96. The van der Waals surface area contributed by atoms with E-state index in [0.717, 1.165) is 0 Å². The summed E-state index contributed by atoms with van der Waals surface area (Å²) in [6, 6.07) is 0. The first-order valence-corrected chi connectivity index (χ1v) is 4.16. The van der Waals surface area contributed by atoms with Gasteiger partial charge in [-0.1, -0.05) is 6.58 Å². The largest absolute Gasteiger partial charge is 0.458 e. The van der Waals surface area contributed by atoms with Gasteiger partial charge < -0.3 is 14.2 Å². The molecule has 0 aliphatic carbocycles. The maximum atomic E-state index is 11.0. The van der Waals surface area contributed by atoms with Crippen LogP contribution in [0.1, 0.15) is 12.8 Å². The molecule has 0 bridgehead atoms. The van der Waals surface area contributed by atoms with Crippen LogP contribution in [0.2, 0.25) is 0 Å². The maximum Gasteiger partial charge on any atom is 0.333 e. The number of rotatable bonds is 4. The lowest BCUT2D eigenvalue weighted by atomic mass is 10.1. The molecule has 0 aromatic rings. The van der Waals surface area contributed by atoms with Gasteiger partial charge in [-0.25, -0.2) is 4.79 Å². The maximum absolute atomic E-state index is 11.0. The molecule has 1 aliphatic rings. The van der Waals surface area contributed by atoms with E-state index in [9.17, 15) is 9.59 Å². The van der Waals surface area contributed by atoms with Crippen LogP contribution in [0.3, 0.4) is 0 Å². The van der Waals surface area contributed by atoms with Crippen LogP contribution >= 0.6 is 0 Å². The average Bonchev–Trinajstić information content (AvgIpc) is 2.42. The lowest BCUT2D eigenvalue weighted by Crippen LogP contribution is -2.16. The smallest absolute Gasteiger partial charge is 0.333 e. The summed E-state index contributed by atoms with van der Waals surface area (Å²) in [4.78, 5) is 21.9. The monoisotopic (exact) mass is 200 g/mol. The van der Waals surface area contributed by atoms with Crippen molar-refractivity contribution in [1.82, 2.24) is 0 Å². The Bertz CT molecular complexity index is 242. The standard InChI is InChI=1S/C9H12O5/c1-6-3-7(14-9(6)11)4-8(10)13-5-12-2/h7H,1,3-5H2,2H3. The van der Waals surface area contributed by atoms with Gasteiger partial charge in [0, 0.05) is 19.1 Å². The number of methoxy groups -OCH3 is 1. The highest BCUT2D eigenvalue weighted by atomic mass is 16.7. The molecular weight excluding hydrogens is 188 g/mol. The normalized spacial score (nSPS) is 20.8. The van der Waals surface area contributed by atoms with E-state index in [-0.39, 0.29) is 13.2 Å². The molecule has 1 saturated heterocycles. The molecular formula is C9H12O5. The summed E-state index contributed by atoms with van der Waals surface area (Å²) in [7, 11) is 1.42. The van der Waals surface area contributed by atoms with E-state index < -0.39 is 18.0 Å². The molecule has 0 aromatic carbocycles. The van der Waals surface area contributed by atoms with Crippen molar-refractivity contribution in [3.05, 3.63) is 12.2 Å². The zero-order valence-electron chi connectivity index (χ0n) is 7.95. The molecule has 0 spiro atoms. The van der Waals surface area contributed by atoms with Crippen molar-refractivity contribution in [1.29, 1.82) is 0 Å². The second-order valence-electron chi connectivity index (χ2n) is 2.96. The van der Waals surface area contributed by atoms with Crippen molar-refractivity contribution >= 4 is 11.9 Å². The Morgan fingerprint density at radius 3 is 2.93 bits per heavy atom. The number of carbonyl (C=O) groups excluding carboxylic acids is 2. The summed E-state index contributed by atoms with van der Waals surface area (Å²) >= 11 is 0. The Labute approximate surface area is 81.6 Å². The molecule has 14 heavy (non-hydrogen) atoms. The molecule has 1 aliphatic heterocycles. The number of carbonyl (C=O) groups is 2. The van der Waals surface area contributed by atoms with Gasteiger partial charge in [0.25, 0.3) is 0 Å². The SMILES string of the molecule is C=C1CC(CC(=O)OCOC)OC1=O. The second kappa shape index (κ2) is 4.76. The number of hydrogen-bond acceptors (Lipinski definition) is 5. The summed E-state index contributed by atoms with van der Waals surface area (Å²) < 4.78 is 14.0. The quantitative estimate of drug-likeness (QED) is 0.373. The van der Waals surface area contributed by atoms with E-state index in [4.69, 9.17) is 4.74 Å². The van der Waals surface area contributed by atoms with Crippen LogP contribution in [0.25, 0.3) is 0 Å². The van der Waals surface area contributed by atoms with Crippen molar-refractivity contribution < 1.29 is 23.8 Å². The summed E-state index contributed by atoms with van der Waals surface area (Å²) in [6.07, 6.45) is 0.00837. The van der Waals surface area contributed by atoms with Crippen LogP contribution < -0.4 is 0 Å². The van der Waals surface area contributed by atoms with Gasteiger partial charge in [-0.2, -0.15) is 0 Å². The molecule has 5 nitrogen and oxygen atoms in total. The summed E-state index contributed by atoms with van der Waals surface area (Å²) in [5.41, 5.74) is 0.398. The molecule has 78 valence electrons. The van der Waals surface area contributed by atoms with Gasteiger partial charge in [0.05, 0.1) is 6.42 Å². The molecule has 0 saturated carbocycles. The first-order valence-electron chi connectivity index (χ1n) is 4.16. The number of cyclic esters (lactones) is 1. The highest BCUT2D eigenvalue weighted by molar-refractivity contribution is 5.90. The predicted molar refractivity (Wildman–Crippen MR) is 46.2 cm³/mol. The molecule has 1 fully saturated rings. The molecule has 0 N–H and O–H groups in total. The topological polar surface area (TPSA) is 61.8 Å². The molecule has 0 aromatic heterocycles. The van der Waals surface area contributed by atoms with Gasteiger partial charge in [0.15, 0.2) is 6.79 Å². The highest BCUT2D eigenvalue weighted by Gasteiger charge is 2.29. The first kappa shape index (κ1) is 10.7. The molecule has 0 amide bonds. The minimum absolute atomic E-state index is 0.0497. The van der Waals surface area contributed by atoms with E-state index >= 15 is 0 Å². The average molecular weight is 200 g/mol. The van der Waals surface area contributed by atoms with Gasteiger partial charge in [0.2, 0.25) is 0 Å². The Balaban J connectivity index is 2.28. The van der Waals surface area contributed by atoms with Crippen molar-refractivity contribution in [2.45, 2.75) is 18.9 Å². The van der Waals surface area contributed by atoms with E-state index in [0.29, 0.717) is 12.0 Å². The predicted octanol–water partition coefficient (Wildman–Crippen LogP) is 0.395. The van der Waals surface area contributed by atoms with E-state index in [1.807, 2.05) is 0 Å². The van der Waals surface area contributed by atoms with Crippen LogP contribution in [0, 0.1) is 0 Å². The molecule has 0 radical (unpaired) electrons. The van der Waals surface area contributed by atoms with Crippen molar-refractivity contribution in [2.24, 2.45) is 0 Å². The summed E-state index contributed by atoms with van der Waals surface area (Å²) in [5, 5.41) is 0. The van der Waals surface area contributed by atoms with Gasteiger partial charge in [-0.05, 0) is 0 Å². The minimum Gasteiger partial charge on any atom is -0.458 e. The Kier molecular flexibility index (Phi) is 3.64. The number of ether oxygens (including phenoxy) is 3. The van der Waals surface area contributed by atoms with Crippen molar-refractivity contribution in [3.63, 3.8) is 0 Å². The first-order chi connectivity index (χ1) is 6.63. The molecule has 5 heteroatoms. The Hall–Kier alpha value is -1.36. The van der Waals surface area contributed by atoms with Gasteiger partial charge in [-0.3, -0.25) is 4.79 Å². The number of esters is 2. The molecule has 1 rings (SSSR count). The third-order valence-corrected chi connectivity index (χ3v) is 1.77. The van der Waals surface area contributed by atoms with Gasteiger partial charge in [-0.15, -0.1) is 0 Å². The zero-order valence-corrected chi connectivity index (χ0v) is 7.95. The van der Waals surface area contributed by atoms with E-state index in [1.54, 1.807) is 0 Å². The van der Waals surface area contributed by atoms with Crippen molar-refractivity contribution in [2.75, 3.05) is 13.9 Å². The molecule has 1 unspecified atom stereocenters. The van der Waals surface area contributed by atoms with Crippen LogP contribution in [0.4, 0.5) is 0 Å². The fourth-order valence-corrected chi connectivity index (χ4v) is 1.12. The van der Waals surface area contributed by atoms with Crippen LogP contribution in [-0.4, -0.2) is 31.9 Å². The highest BCUT2D eigenvalue weighted by Crippen LogP contribution is 2.21. The fourth-order valence-electron chi connectivity index (χ4n) is 1.12. The number of hydrogen-bond donors (Lipinski definition) is 0. The van der Waals surface area contributed by atoms with Crippen LogP contribution in [0.15, 0.2) is 12.2 Å². The van der Waals surface area contributed by atoms with E-state index in [2.05, 4.69) is 16.1 Å². The minimum atomic E-state index is -0.445. The summed E-state index contributed by atoms with van der Waals surface area (Å²) in [6.45, 7) is 3.42. The molecule has 1 heterocycles. The van der Waals surface area contributed by atoms with Crippen LogP contribution in [0.5, 0.6) is 0 Å². The zero-order chi connectivity index (χ0) is 10.6. The lowest BCUT2D eigenvalue weighted by molar-refractivity contribution is -0.157. The Morgan fingerprint density at radius 2 is 2.43 bits per heavy atom. The summed E-state index contributed by atoms with van der Waals surface area (Å²) in [5.74, 6) is -0.881. The Morgan fingerprint density at radius 1 is 1.71 bits per heavy atom. The lowest BCUT2D eigenvalue weighted by Gasteiger charge is -2.07. The van der Waals surface area contributed by atoms with Crippen molar-refractivity contribution in [3.8, 4) is 0 Å². The van der Waals surface area contributed by atoms with E-state index in [1.165, 1.54) is 7.11 Å². The third-order valence-electron chi connectivity index (χ3n) is 1.77.